The Labute approximate surface area is 287 Å². The molecule has 2 amide bonds. The molecule has 2 atom stereocenters. The average Bonchev–Trinajstić information content (AvgIpc) is 3.07. The first-order chi connectivity index (χ1) is 22.5. The number of nitrogens with one attached hydrogen (secondary N) is 5. The largest absolute Gasteiger partial charge is 0.351 e. The Morgan fingerprint density at radius 3 is 1.89 bits per heavy atom. The van der Waals surface area contributed by atoms with Crippen LogP contribution in [0.1, 0.15) is 80.7 Å². The summed E-state index contributed by atoms with van der Waals surface area (Å²) in [6.07, 6.45) is 11.0. The lowest BCUT2D eigenvalue weighted by atomic mass is 10.0. The zero-order chi connectivity index (χ0) is 36.9. The van der Waals surface area contributed by atoms with Gasteiger partial charge in [0.1, 0.15) is 12.6 Å². The lowest BCUT2D eigenvalue weighted by molar-refractivity contribution is -0.127. The predicted molar refractivity (Wildman–Crippen MR) is 202 cm³/mol. The highest BCUT2D eigenvalue weighted by molar-refractivity contribution is 5.87. The number of hydrogen-bond donors (Lipinski definition) is 5. The number of aryl methyl sites for hydroxylation is 1. The van der Waals surface area contributed by atoms with E-state index in [0.717, 1.165) is 38.4 Å². The highest BCUT2D eigenvalue weighted by Crippen LogP contribution is 2.05. The van der Waals surface area contributed by atoms with Crippen LogP contribution in [-0.2, 0) is 25.6 Å². The summed E-state index contributed by atoms with van der Waals surface area (Å²) in [5.74, 6) is 0.422. The van der Waals surface area contributed by atoms with Crippen LogP contribution in [0.4, 0.5) is 0 Å². The minimum Gasteiger partial charge on any atom is -0.351 e. The molecule has 1 aromatic rings. The van der Waals surface area contributed by atoms with Crippen molar-refractivity contribution in [2.24, 2.45) is 11.8 Å². The number of rotatable bonds is 18. The first-order valence-electron chi connectivity index (χ1n) is 17.0. The van der Waals surface area contributed by atoms with Gasteiger partial charge in [0.05, 0.1) is 19.1 Å². The van der Waals surface area contributed by atoms with Crippen LogP contribution >= 0.6 is 0 Å². The van der Waals surface area contributed by atoms with Gasteiger partial charge in [0.15, 0.2) is 0 Å². The molecule has 0 aliphatic rings. The van der Waals surface area contributed by atoms with Crippen LogP contribution in [0.3, 0.4) is 0 Å². The van der Waals surface area contributed by atoms with E-state index < -0.39 is 0 Å². The molecular formula is C38H69N5O4. The number of aldehydes is 2. The Balaban J connectivity index is -0.000000324. The van der Waals surface area contributed by atoms with Gasteiger partial charge in [-0.25, -0.2) is 0 Å². The molecule has 0 aliphatic heterocycles. The number of benzene rings is 1. The summed E-state index contributed by atoms with van der Waals surface area (Å²) in [5.41, 5.74) is 2.06. The van der Waals surface area contributed by atoms with Crippen molar-refractivity contribution in [3.8, 4) is 0 Å². The second kappa shape index (κ2) is 38.8. The Bertz CT molecular complexity index is 945. The van der Waals surface area contributed by atoms with Gasteiger partial charge in [-0.2, -0.15) is 0 Å². The van der Waals surface area contributed by atoms with Crippen molar-refractivity contribution in [1.82, 2.24) is 26.6 Å². The van der Waals surface area contributed by atoms with Gasteiger partial charge >= 0.3 is 0 Å². The van der Waals surface area contributed by atoms with Crippen molar-refractivity contribution in [3.05, 3.63) is 72.4 Å². The zero-order valence-corrected chi connectivity index (χ0v) is 31.5. The van der Waals surface area contributed by atoms with E-state index in [9.17, 15) is 19.2 Å². The smallest absolute Gasteiger partial charge is 0.239 e. The van der Waals surface area contributed by atoms with E-state index in [4.69, 9.17) is 0 Å². The van der Waals surface area contributed by atoms with Crippen molar-refractivity contribution in [1.29, 1.82) is 0 Å². The summed E-state index contributed by atoms with van der Waals surface area (Å²) in [6, 6.07) is 10.1. The third-order valence-corrected chi connectivity index (χ3v) is 5.94. The summed E-state index contributed by atoms with van der Waals surface area (Å²) < 4.78 is 0. The van der Waals surface area contributed by atoms with Crippen molar-refractivity contribution >= 4 is 24.4 Å². The minimum absolute atomic E-state index is 0.0443. The van der Waals surface area contributed by atoms with Gasteiger partial charge in [0.2, 0.25) is 11.8 Å². The maximum Gasteiger partial charge on any atom is 0.239 e. The van der Waals surface area contributed by atoms with Gasteiger partial charge in [-0.3, -0.25) is 14.4 Å². The van der Waals surface area contributed by atoms with Gasteiger partial charge in [-0.15, -0.1) is 0 Å². The highest BCUT2D eigenvalue weighted by atomic mass is 16.2. The van der Waals surface area contributed by atoms with Crippen molar-refractivity contribution in [3.63, 3.8) is 0 Å². The molecule has 2 unspecified atom stereocenters. The molecule has 270 valence electrons. The summed E-state index contributed by atoms with van der Waals surface area (Å²) in [4.78, 5) is 44.6. The summed E-state index contributed by atoms with van der Waals surface area (Å²) in [5, 5.41) is 14.5. The third-order valence-electron chi connectivity index (χ3n) is 5.94. The molecule has 0 saturated carbocycles. The maximum atomic E-state index is 12.1. The number of carbonyl (C=O) groups is 4. The number of likely N-dealkylation sites (N-methyl/N-ethyl adjacent to an activating group) is 1. The van der Waals surface area contributed by atoms with E-state index >= 15 is 0 Å². The molecule has 0 radical (unpaired) electrons. The van der Waals surface area contributed by atoms with Crippen molar-refractivity contribution < 1.29 is 19.2 Å². The third kappa shape index (κ3) is 36.9. The molecule has 0 saturated heterocycles. The van der Waals surface area contributed by atoms with Crippen LogP contribution in [0.5, 0.6) is 0 Å². The first kappa shape index (κ1) is 50.5. The Kier molecular flexibility index (Phi) is 41.6. The van der Waals surface area contributed by atoms with Crippen LogP contribution in [-0.4, -0.2) is 76.7 Å². The molecule has 0 bridgehead atoms. The standard InChI is InChI=1S/C17H34N4O3.C8H10O.C8H10.C3H9N.C2H6/c1-12(2)8-14(10-19-6-7-22)21-16(23)11-20-17(24)15(18-5)9-13(3)4;1-3-5-8(7-9)6-4-2;1-2-8-6-4-3-5-7-8;1-3-4-2;1-2/h7,12-15,18-19H,6,8-11H2,1-5H3,(H,20,24)(H,21,23);3-7H,1H2,2H3;3-7H,2H2,1H3;4H,3H2,1-2H3;1-2H3/b;6-4-,8-5+;;;. The van der Waals surface area contributed by atoms with Crippen molar-refractivity contribution in [2.75, 3.05) is 40.3 Å². The minimum atomic E-state index is -0.293. The van der Waals surface area contributed by atoms with Gasteiger partial charge in [0.25, 0.3) is 0 Å². The topological polar surface area (TPSA) is 128 Å². The Hall–Kier alpha value is -3.40. The van der Waals surface area contributed by atoms with Gasteiger partial charge in [-0.05, 0) is 64.2 Å². The normalized spacial score (nSPS) is 11.6. The quantitative estimate of drug-likeness (QED) is 0.0616. The van der Waals surface area contributed by atoms with Gasteiger partial charge in [0, 0.05) is 18.2 Å². The highest BCUT2D eigenvalue weighted by Gasteiger charge is 2.19. The first-order valence-corrected chi connectivity index (χ1v) is 17.0. The molecule has 0 aromatic heterocycles. The van der Waals surface area contributed by atoms with E-state index in [2.05, 4.69) is 85.1 Å². The number of allylic oxidation sites excluding steroid dienone is 5. The second-order valence-corrected chi connectivity index (χ2v) is 11.0. The van der Waals surface area contributed by atoms with E-state index in [-0.39, 0.29) is 37.0 Å². The molecule has 5 N–H and O–H groups in total. The number of hydrogen-bond acceptors (Lipinski definition) is 7. The maximum absolute atomic E-state index is 12.1. The predicted octanol–water partition coefficient (Wildman–Crippen LogP) is 5.43. The average molecular weight is 660 g/mol. The zero-order valence-electron chi connectivity index (χ0n) is 31.5. The molecule has 0 spiro atoms. The molecule has 47 heavy (non-hydrogen) atoms. The fourth-order valence-electron chi connectivity index (χ4n) is 3.65. The molecule has 0 fully saturated rings. The van der Waals surface area contributed by atoms with E-state index in [0.29, 0.717) is 24.0 Å². The molecule has 1 rings (SSSR count). The second-order valence-electron chi connectivity index (χ2n) is 11.0. The SMILES string of the molecule is C=C/C=C(C=O)\C=C/C.CC.CCNC.CCc1ccccc1.CNC(CC(C)C)C(=O)NCC(=O)NC(CNCC=O)CC(C)C. The van der Waals surface area contributed by atoms with Gasteiger partial charge in [-0.1, -0.05) is 117 Å². The van der Waals surface area contributed by atoms with E-state index in [1.54, 1.807) is 25.3 Å². The van der Waals surface area contributed by atoms with Crippen LogP contribution in [0.15, 0.2) is 66.8 Å². The summed E-state index contributed by atoms with van der Waals surface area (Å²) >= 11 is 0. The van der Waals surface area contributed by atoms with Crippen LogP contribution < -0.4 is 26.6 Å². The summed E-state index contributed by atoms with van der Waals surface area (Å²) in [7, 11) is 3.67. The van der Waals surface area contributed by atoms with Crippen LogP contribution in [0, 0.1) is 11.8 Å². The summed E-state index contributed by atoms with van der Waals surface area (Å²) in [6.45, 7) is 23.6. The van der Waals surface area contributed by atoms with Crippen molar-refractivity contribution in [2.45, 2.75) is 93.7 Å². The number of carbonyl (C=O) groups excluding carboxylic acids is 4. The monoisotopic (exact) mass is 660 g/mol. The molecule has 0 aliphatic carbocycles. The Morgan fingerprint density at radius 2 is 1.51 bits per heavy atom. The Morgan fingerprint density at radius 1 is 0.936 bits per heavy atom. The van der Waals surface area contributed by atoms with Crippen LogP contribution in [0.25, 0.3) is 0 Å². The molecule has 1 aromatic carbocycles. The number of amides is 2. The molecular weight excluding hydrogens is 590 g/mol. The fraction of sp³-hybridized carbons (Fsp3) is 0.579. The van der Waals surface area contributed by atoms with Gasteiger partial charge < -0.3 is 31.4 Å². The lowest BCUT2D eigenvalue weighted by Crippen LogP contribution is -2.50. The molecule has 9 heteroatoms. The van der Waals surface area contributed by atoms with E-state index in [1.807, 2.05) is 53.8 Å². The van der Waals surface area contributed by atoms with Crippen LogP contribution in [0.2, 0.25) is 0 Å². The fourth-order valence-corrected chi connectivity index (χ4v) is 3.65. The lowest BCUT2D eigenvalue weighted by Gasteiger charge is -2.22. The molecule has 0 heterocycles. The molecule has 9 nitrogen and oxygen atoms in total. The van der Waals surface area contributed by atoms with E-state index in [1.165, 1.54) is 5.56 Å².